The van der Waals surface area contributed by atoms with Gasteiger partial charge < -0.3 is 15.4 Å². The standard InChI is InChI=1S/C15H15Cl2N3O2.C3H7NO/c1-3-19-15(17)9(2)10-6-12-13(7-11(10)16)22-8-14(21)20(12)5-4-18;1-2-4-3-5/h6-7,19H,3,5,8H2,1-2H3;3H,2H2,1H3,(H,4,5)/b15-9+;. The lowest BCUT2D eigenvalue weighted by Gasteiger charge is -2.28. The Kier molecular flexibility index (Phi) is 9.48. The van der Waals surface area contributed by atoms with Crippen molar-refractivity contribution in [3.8, 4) is 11.8 Å². The summed E-state index contributed by atoms with van der Waals surface area (Å²) in [7, 11) is 0. The predicted molar refractivity (Wildman–Crippen MR) is 107 cm³/mol. The molecule has 0 spiro atoms. The van der Waals surface area contributed by atoms with E-state index in [1.165, 1.54) is 4.90 Å². The molecule has 146 valence electrons. The van der Waals surface area contributed by atoms with E-state index in [9.17, 15) is 9.59 Å². The van der Waals surface area contributed by atoms with Crippen LogP contribution in [0.5, 0.6) is 5.75 Å². The first-order valence-electron chi connectivity index (χ1n) is 8.32. The number of ether oxygens (including phenoxy) is 1. The summed E-state index contributed by atoms with van der Waals surface area (Å²) in [4.78, 5) is 22.6. The third-order valence-electron chi connectivity index (χ3n) is 3.57. The quantitative estimate of drug-likeness (QED) is 0.425. The van der Waals surface area contributed by atoms with Crippen molar-refractivity contribution in [2.75, 3.05) is 31.1 Å². The zero-order chi connectivity index (χ0) is 20.4. The van der Waals surface area contributed by atoms with Gasteiger partial charge in [-0.1, -0.05) is 23.2 Å². The third kappa shape index (κ3) is 6.05. The Bertz CT molecular complexity index is 760. The lowest BCUT2D eigenvalue weighted by Crippen LogP contribution is -2.39. The summed E-state index contributed by atoms with van der Waals surface area (Å²) in [6, 6.07) is 5.35. The Morgan fingerprint density at radius 3 is 2.63 bits per heavy atom. The van der Waals surface area contributed by atoms with Gasteiger partial charge in [-0.25, -0.2) is 0 Å². The summed E-state index contributed by atoms with van der Waals surface area (Å²) < 4.78 is 5.39. The molecule has 1 heterocycles. The number of nitrogens with one attached hydrogen (secondary N) is 2. The molecule has 0 unspecified atom stereocenters. The van der Waals surface area contributed by atoms with Crippen LogP contribution >= 0.6 is 23.2 Å². The molecule has 2 amide bonds. The number of allylic oxidation sites excluding steroid dienone is 1. The van der Waals surface area contributed by atoms with E-state index in [-0.39, 0.29) is 19.1 Å². The minimum atomic E-state index is -0.262. The second kappa shape index (κ2) is 11.3. The molecule has 2 N–H and O–H groups in total. The molecule has 0 fully saturated rings. The zero-order valence-corrected chi connectivity index (χ0v) is 16.9. The van der Waals surface area contributed by atoms with Crippen molar-refractivity contribution in [2.24, 2.45) is 0 Å². The van der Waals surface area contributed by atoms with Gasteiger partial charge in [-0.3, -0.25) is 14.5 Å². The van der Waals surface area contributed by atoms with Gasteiger partial charge in [0.15, 0.2) is 6.61 Å². The highest BCUT2D eigenvalue weighted by atomic mass is 35.5. The fourth-order valence-corrected chi connectivity index (χ4v) is 2.77. The van der Waals surface area contributed by atoms with Gasteiger partial charge in [0.1, 0.15) is 17.5 Å². The van der Waals surface area contributed by atoms with Crippen LogP contribution in [-0.2, 0) is 9.59 Å². The van der Waals surface area contributed by atoms with Crippen molar-refractivity contribution in [3.63, 3.8) is 0 Å². The molecule has 1 aromatic rings. The number of fused-ring (bicyclic) bond motifs is 1. The Balaban J connectivity index is 0.000000646. The van der Waals surface area contributed by atoms with Crippen LogP contribution < -0.4 is 20.3 Å². The molecule has 0 saturated heterocycles. The summed E-state index contributed by atoms with van der Waals surface area (Å²) in [5, 5.41) is 15.3. The lowest BCUT2D eigenvalue weighted by atomic mass is 10.1. The van der Waals surface area contributed by atoms with Gasteiger partial charge in [0, 0.05) is 24.7 Å². The number of halogens is 2. The largest absolute Gasteiger partial charge is 0.482 e. The van der Waals surface area contributed by atoms with E-state index in [0.717, 1.165) is 12.1 Å². The van der Waals surface area contributed by atoms with E-state index in [1.54, 1.807) is 12.1 Å². The minimum absolute atomic E-state index is 0.0417. The van der Waals surface area contributed by atoms with E-state index in [2.05, 4.69) is 10.6 Å². The van der Waals surface area contributed by atoms with Crippen molar-refractivity contribution in [2.45, 2.75) is 20.8 Å². The Morgan fingerprint density at radius 1 is 1.41 bits per heavy atom. The van der Waals surface area contributed by atoms with Crippen molar-refractivity contribution in [3.05, 3.63) is 27.9 Å². The van der Waals surface area contributed by atoms with Crippen LogP contribution in [0.4, 0.5) is 5.69 Å². The molecule has 0 radical (unpaired) electrons. The van der Waals surface area contributed by atoms with Crippen LogP contribution in [0.15, 0.2) is 17.3 Å². The molecular formula is C18H22Cl2N4O3. The number of anilines is 1. The van der Waals surface area contributed by atoms with Crippen molar-refractivity contribution in [1.29, 1.82) is 5.26 Å². The zero-order valence-electron chi connectivity index (χ0n) is 15.4. The number of carbonyl (C=O) groups is 2. The summed E-state index contributed by atoms with van der Waals surface area (Å²) in [6.07, 6.45) is 0.681. The fraction of sp³-hybridized carbons (Fsp3) is 0.389. The lowest BCUT2D eigenvalue weighted by molar-refractivity contribution is -0.121. The molecule has 0 aliphatic carbocycles. The van der Waals surface area contributed by atoms with Gasteiger partial charge in [-0.05, 0) is 32.4 Å². The molecule has 2 rings (SSSR count). The van der Waals surface area contributed by atoms with Crippen LogP contribution in [0.1, 0.15) is 26.3 Å². The van der Waals surface area contributed by atoms with E-state index >= 15 is 0 Å². The molecule has 9 heteroatoms. The smallest absolute Gasteiger partial charge is 0.265 e. The van der Waals surface area contributed by atoms with Gasteiger partial charge >= 0.3 is 0 Å². The topological polar surface area (TPSA) is 94.5 Å². The normalized spacial score (nSPS) is 13.2. The highest BCUT2D eigenvalue weighted by Crippen LogP contribution is 2.39. The first-order chi connectivity index (χ1) is 12.9. The first-order valence-corrected chi connectivity index (χ1v) is 9.08. The van der Waals surface area contributed by atoms with Crippen LogP contribution in [0.2, 0.25) is 5.02 Å². The number of rotatable bonds is 6. The number of hydrogen-bond donors (Lipinski definition) is 2. The Morgan fingerprint density at radius 2 is 2.11 bits per heavy atom. The van der Waals surface area contributed by atoms with E-state index in [4.69, 9.17) is 33.2 Å². The number of hydrogen-bond acceptors (Lipinski definition) is 5. The molecular weight excluding hydrogens is 391 g/mol. The fourth-order valence-electron chi connectivity index (χ4n) is 2.24. The average molecular weight is 413 g/mol. The van der Waals surface area contributed by atoms with Gasteiger partial charge in [0.25, 0.3) is 5.91 Å². The van der Waals surface area contributed by atoms with E-state index < -0.39 is 0 Å². The minimum Gasteiger partial charge on any atom is -0.482 e. The number of carbonyl (C=O) groups excluding carboxylic acids is 2. The molecule has 0 saturated carbocycles. The summed E-state index contributed by atoms with van der Waals surface area (Å²) in [6.45, 7) is 6.90. The van der Waals surface area contributed by atoms with Gasteiger partial charge in [-0.15, -0.1) is 0 Å². The number of amides is 2. The van der Waals surface area contributed by atoms with Crippen LogP contribution in [0.25, 0.3) is 5.57 Å². The van der Waals surface area contributed by atoms with Gasteiger partial charge in [0.05, 0.1) is 16.8 Å². The van der Waals surface area contributed by atoms with Crippen LogP contribution in [-0.4, -0.2) is 38.6 Å². The maximum Gasteiger partial charge on any atom is 0.265 e. The monoisotopic (exact) mass is 412 g/mol. The summed E-state index contributed by atoms with van der Waals surface area (Å²) >= 11 is 12.5. The van der Waals surface area contributed by atoms with E-state index in [1.807, 2.05) is 26.8 Å². The van der Waals surface area contributed by atoms with E-state index in [0.29, 0.717) is 40.1 Å². The number of benzene rings is 1. The number of nitriles is 1. The van der Waals surface area contributed by atoms with Crippen molar-refractivity contribution < 1.29 is 14.3 Å². The maximum atomic E-state index is 11.9. The molecule has 1 aliphatic heterocycles. The second-order valence-electron chi connectivity index (χ2n) is 5.37. The van der Waals surface area contributed by atoms with Crippen molar-refractivity contribution in [1.82, 2.24) is 10.6 Å². The molecule has 1 aliphatic rings. The highest BCUT2D eigenvalue weighted by Gasteiger charge is 2.27. The molecule has 1 aromatic carbocycles. The molecule has 0 aromatic heterocycles. The number of nitrogens with zero attached hydrogens (tertiary/aromatic N) is 2. The van der Waals surface area contributed by atoms with Crippen LogP contribution in [0, 0.1) is 11.3 Å². The molecule has 27 heavy (non-hydrogen) atoms. The second-order valence-corrected chi connectivity index (χ2v) is 6.16. The van der Waals surface area contributed by atoms with Crippen molar-refractivity contribution >= 4 is 46.8 Å². The molecule has 0 bridgehead atoms. The first kappa shape index (κ1) is 22.6. The summed E-state index contributed by atoms with van der Waals surface area (Å²) in [5.41, 5.74) is 1.97. The maximum absolute atomic E-state index is 11.9. The SMILES string of the molecule is CCN/C(Cl)=C(\C)c1cc2c(cc1Cl)OCC(=O)N2CC#N.CCNC=O. The highest BCUT2D eigenvalue weighted by molar-refractivity contribution is 6.35. The van der Waals surface area contributed by atoms with Gasteiger partial charge in [0.2, 0.25) is 6.41 Å². The Hall–Kier alpha value is -2.43. The molecule has 0 atom stereocenters. The van der Waals surface area contributed by atoms with Crippen LogP contribution in [0.3, 0.4) is 0 Å². The molecule has 7 nitrogen and oxygen atoms in total. The predicted octanol–water partition coefficient (Wildman–Crippen LogP) is 2.88. The third-order valence-corrected chi connectivity index (χ3v) is 4.30. The average Bonchev–Trinajstić information content (AvgIpc) is 2.64. The summed E-state index contributed by atoms with van der Waals surface area (Å²) in [5.74, 6) is 0.220. The van der Waals surface area contributed by atoms with Gasteiger partial charge in [-0.2, -0.15) is 5.26 Å². The Labute approximate surface area is 168 Å².